The summed E-state index contributed by atoms with van der Waals surface area (Å²) in [6, 6.07) is 0. The first kappa shape index (κ1) is 6.43. The molecule has 0 spiro atoms. The highest BCUT2D eigenvalue weighted by Gasteiger charge is 1.76. The Bertz CT molecular complexity index is 60.0. The fourth-order valence-electron chi connectivity index (χ4n) is 0.221. The minimum atomic E-state index is 0.446. The van der Waals surface area contributed by atoms with E-state index in [-0.39, 0.29) is 0 Å². The third-order valence-electron chi connectivity index (χ3n) is 0.453. The quantitative estimate of drug-likeness (QED) is 0.262. The van der Waals surface area contributed by atoms with Crippen molar-refractivity contribution in [2.75, 3.05) is 6.54 Å². The number of hydrogen-bond acceptors (Lipinski definition) is 2. The van der Waals surface area contributed by atoms with E-state index >= 15 is 0 Å². The number of rotatable bonds is 2. The summed E-state index contributed by atoms with van der Waals surface area (Å²) < 4.78 is 0. The van der Waals surface area contributed by atoms with Crippen LogP contribution in [0.15, 0.2) is 0 Å². The van der Waals surface area contributed by atoms with Crippen LogP contribution in [0.25, 0.3) is 0 Å². The maximum absolute atomic E-state index is 6.82. The SMILES string of the molecule is CCNNC(C)=N. The van der Waals surface area contributed by atoms with Crippen molar-refractivity contribution in [3.8, 4) is 0 Å². The molecule has 0 amide bonds. The molecule has 3 heteroatoms. The highest BCUT2D eigenvalue weighted by atomic mass is 15.4. The lowest BCUT2D eigenvalue weighted by molar-refractivity contribution is 0.680. The van der Waals surface area contributed by atoms with Crippen LogP contribution in [0.5, 0.6) is 0 Å². The van der Waals surface area contributed by atoms with Crippen LogP contribution in [0.2, 0.25) is 0 Å². The average Bonchev–Trinajstić information content (AvgIpc) is 1.61. The van der Waals surface area contributed by atoms with Crippen molar-refractivity contribution < 1.29 is 0 Å². The van der Waals surface area contributed by atoms with Gasteiger partial charge in [-0.2, -0.15) is 0 Å². The Labute approximate surface area is 43.6 Å². The summed E-state index contributed by atoms with van der Waals surface area (Å²) in [4.78, 5) is 0. The van der Waals surface area contributed by atoms with Crippen molar-refractivity contribution in [1.82, 2.24) is 10.9 Å². The van der Waals surface area contributed by atoms with Crippen LogP contribution in [0.3, 0.4) is 0 Å². The van der Waals surface area contributed by atoms with E-state index in [4.69, 9.17) is 5.41 Å². The number of amidine groups is 1. The average molecular weight is 101 g/mol. The van der Waals surface area contributed by atoms with Crippen molar-refractivity contribution in [2.24, 2.45) is 0 Å². The zero-order valence-corrected chi connectivity index (χ0v) is 4.71. The molecule has 0 aliphatic heterocycles. The van der Waals surface area contributed by atoms with Gasteiger partial charge in [0.15, 0.2) is 0 Å². The monoisotopic (exact) mass is 101 g/mol. The van der Waals surface area contributed by atoms with Crippen molar-refractivity contribution in [1.29, 1.82) is 5.41 Å². The molecule has 7 heavy (non-hydrogen) atoms. The maximum atomic E-state index is 6.82. The van der Waals surface area contributed by atoms with Crippen molar-refractivity contribution >= 4 is 5.84 Å². The Morgan fingerprint density at radius 2 is 2.29 bits per heavy atom. The summed E-state index contributed by atoms with van der Waals surface area (Å²) in [5.41, 5.74) is 5.40. The van der Waals surface area contributed by atoms with Crippen LogP contribution in [0.1, 0.15) is 13.8 Å². The van der Waals surface area contributed by atoms with Gasteiger partial charge in [-0.15, -0.1) is 0 Å². The Kier molecular flexibility index (Phi) is 3.32. The van der Waals surface area contributed by atoms with Crippen LogP contribution in [-0.4, -0.2) is 12.4 Å². The maximum Gasteiger partial charge on any atom is 0.104 e. The largest absolute Gasteiger partial charge is 0.310 e. The predicted molar refractivity (Wildman–Crippen MR) is 30.2 cm³/mol. The van der Waals surface area contributed by atoms with Gasteiger partial charge in [-0.1, -0.05) is 6.92 Å². The van der Waals surface area contributed by atoms with Crippen LogP contribution in [0.4, 0.5) is 0 Å². The molecule has 0 aliphatic carbocycles. The summed E-state index contributed by atoms with van der Waals surface area (Å²) >= 11 is 0. The molecule has 0 bridgehead atoms. The summed E-state index contributed by atoms with van der Waals surface area (Å²) in [6.45, 7) is 4.49. The first-order chi connectivity index (χ1) is 3.27. The van der Waals surface area contributed by atoms with E-state index in [0.29, 0.717) is 5.84 Å². The summed E-state index contributed by atoms with van der Waals surface area (Å²) in [5, 5.41) is 6.82. The Hall–Kier alpha value is -0.570. The Morgan fingerprint density at radius 3 is 2.43 bits per heavy atom. The predicted octanol–water partition coefficient (Wildman–Crippen LogP) is 0.0977. The second-order valence-electron chi connectivity index (χ2n) is 1.28. The molecule has 0 rings (SSSR count). The van der Waals surface area contributed by atoms with Crippen LogP contribution in [0, 0.1) is 5.41 Å². The van der Waals surface area contributed by atoms with E-state index in [2.05, 4.69) is 10.9 Å². The lowest BCUT2D eigenvalue weighted by atomic mass is 10.7. The topological polar surface area (TPSA) is 47.9 Å². The molecule has 0 aromatic carbocycles. The molecule has 0 aromatic rings. The molecule has 0 unspecified atom stereocenters. The third kappa shape index (κ3) is 5.43. The second-order valence-corrected chi connectivity index (χ2v) is 1.28. The highest BCUT2D eigenvalue weighted by molar-refractivity contribution is 5.75. The number of hydrogen-bond donors (Lipinski definition) is 3. The first-order valence-electron chi connectivity index (χ1n) is 2.31. The van der Waals surface area contributed by atoms with Gasteiger partial charge < -0.3 is 5.43 Å². The fourth-order valence-corrected chi connectivity index (χ4v) is 0.221. The normalized spacial score (nSPS) is 8.29. The zero-order valence-electron chi connectivity index (χ0n) is 4.71. The highest BCUT2D eigenvalue weighted by Crippen LogP contribution is 1.52. The number of hydrazine groups is 1. The fraction of sp³-hybridized carbons (Fsp3) is 0.750. The molecule has 0 saturated heterocycles. The van der Waals surface area contributed by atoms with Crippen LogP contribution in [-0.2, 0) is 0 Å². The van der Waals surface area contributed by atoms with Gasteiger partial charge >= 0.3 is 0 Å². The molecule has 0 saturated carbocycles. The smallest absolute Gasteiger partial charge is 0.104 e. The zero-order chi connectivity index (χ0) is 5.70. The van der Waals surface area contributed by atoms with Crippen molar-refractivity contribution in [3.63, 3.8) is 0 Å². The summed E-state index contributed by atoms with van der Waals surface area (Å²) in [5.74, 6) is 0.446. The van der Waals surface area contributed by atoms with Gasteiger partial charge in [0, 0.05) is 6.54 Å². The van der Waals surface area contributed by atoms with Crippen molar-refractivity contribution in [2.45, 2.75) is 13.8 Å². The molecule has 0 aromatic heterocycles. The molecule has 0 radical (unpaired) electrons. The summed E-state index contributed by atoms with van der Waals surface area (Å²) in [7, 11) is 0. The lowest BCUT2D eigenvalue weighted by Crippen LogP contribution is -2.34. The lowest BCUT2D eigenvalue weighted by Gasteiger charge is -1.99. The Morgan fingerprint density at radius 1 is 1.71 bits per heavy atom. The van der Waals surface area contributed by atoms with Gasteiger partial charge in [0.25, 0.3) is 0 Å². The van der Waals surface area contributed by atoms with E-state index in [9.17, 15) is 0 Å². The number of nitrogens with one attached hydrogen (secondary N) is 3. The molecule has 3 nitrogen and oxygen atoms in total. The molecule has 3 N–H and O–H groups in total. The van der Waals surface area contributed by atoms with E-state index in [0.717, 1.165) is 6.54 Å². The van der Waals surface area contributed by atoms with Gasteiger partial charge in [-0.25, -0.2) is 5.43 Å². The van der Waals surface area contributed by atoms with Crippen LogP contribution >= 0.6 is 0 Å². The Balaban J connectivity index is 2.82. The van der Waals surface area contributed by atoms with Gasteiger partial charge in [-0.3, -0.25) is 5.41 Å². The molecule has 42 valence electrons. The van der Waals surface area contributed by atoms with E-state index in [1.165, 1.54) is 0 Å². The summed E-state index contributed by atoms with van der Waals surface area (Å²) in [6.07, 6.45) is 0. The van der Waals surface area contributed by atoms with Gasteiger partial charge in [0.1, 0.15) is 5.84 Å². The minimum absolute atomic E-state index is 0.446. The van der Waals surface area contributed by atoms with Gasteiger partial charge in [-0.05, 0) is 6.92 Å². The second kappa shape index (κ2) is 3.61. The molecule has 0 aliphatic rings. The van der Waals surface area contributed by atoms with E-state index in [1.807, 2.05) is 6.92 Å². The first-order valence-corrected chi connectivity index (χ1v) is 2.31. The third-order valence-corrected chi connectivity index (χ3v) is 0.453. The van der Waals surface area contributed by atoms with Gasteiger partial charge in [0.2, 0.25) is 0 Å². The molecule has 0 atom stereocenters. The molecular weight excluding hydrogens is 90.1 g/mol. The standard InChI is InChI=1S/C4H11N3/c1-3-6-7-4(2)5/h6H,3H2,1-2H3,(H2,5,7). The molecular formula is C4H11N3. The molecule has 0 fully saturated rings. The van der Waals surface area contributed by atoms with E-state index < -0.39 is 0 Å². The molecule has 0 heterocycles. The minimum Gasteiger partial charge on any atom is -0.310 e. The van der Waals surface area contributed by atoms with Crippen LogP contribution < -0.4 is 10.9 Å². The van der Waals surface area contributed by atoms with Crippen molar-refractivity contribution in [3.05, 3.63) is 0 Å². The van der Waals surface area contributed by atoms with E-state index in [1.54, 1.807) is 6.92 Å². The van der Waals surface area contributed by atoms with Gasteiger partial charge in [0.05, 0.1) is 0 Å².